The number of benzene rings is 2. The summed E-state index contributed by atoms with van der Waals surface area (Å²) in [5, 5.41) is 6.35. The lowest BCUT2D eigenvalue weighted by atomic mass is 10.1. The van der Waals surface area contributed by atoms with Gasteiger partial charge < -0.3 is 10.6 Å². The number of allylic oxidation sites excluding steroid dienone is 1. The number of nitrogens with zero attached hydrogens (tertiary/aromatic N) is 3. The molecule has 2 heterocycles. The molecule has 0 aliphatic heterocycles. The minimum absolute atomic E-state index is 0.0265. The molecule has 0 saturated heterocycles. The van der Waals surface area contributed by atoms with Crippen LogP contribution < -0.4 is 27.4 Å². The first-order valence-corrected chi connectivity index (χ1v) is 13.8. The van der Waals surface area contributed by atoms with Crippen LogP contribution in [0, 0.1) is 13.8 Å². The van der Waals surface area contributed by atoms with Gasteiger partial charge in [0.1, 0.15) is 11.2 Å². The van der Waals surface area contributed by atoms with Crippen molar-refractivity contribution in [2.75, 3.05) is 12.5 Å². The summed E-state index contributed by atoms with van der Waals surface area (Å²) in [6, 6.07) is 14.3. The van der Waals surface area contributed by atoms with Crippen LogP contribution in [0.4, 0.5) is 15.9 Å². The first-order chi connectivity index (χ1) is 20.2. The number of pyridine rings is 1. The summed E-state index contributed by atoms with van der Waals surface area (Å²) in [6.07, 6.45) is 3.36. The highest BCUT2D eigenvalue weighted by Crippen LogP contribution is 2.26. The largest absolute Gasteiger partial charge is 0.349 e. The highest BCUT2D eigenvalue weighted by atomic mass is 19.1. The molecular weight excluding hydrogens is 537 g/mol. The van der Waals surface area contributed by atoms with Crippen LogP contribution in [0.5, 0.6) is 0 Å². The Bertz CT molecular complexity index is 1780. The molecule has 0 spiro atoms. The van der Waals surface area contributed by atoms with Crippen LogP contribution in [-0.4, -0.2) is 32.8 Å². The molecule has 1 fully saturated rings. The van der Waals surface area contributed by atoms with E-state index in [2.05, 4.69) is 17.2 Å². The van der Waals surface area contributed by atoms with Crippen molar-refractivity contribution in [2.45, 2.75) is 53.1 Å². The average molecular weight is 576 g/mol. The van der Waals surface area contributed by atoms with Gasteiger partial charge in [0.15, 0.2) is 0 Å². The molecule has 5 rings (SSSR count). The molecule has 0 bridgehead atoms. The van der Waals surface area contributed by atoms with E-state index < -0.39 is 11.2 Å². The molecule has 222 valence electrons. The standard InChI is InChI=1S/C29H29N5O4.C2H6.CH3F/c1-5-15-33-28(37)23-24(18(3)27(36)32(4)25(23)30-20-11-9-17(2)10-12-20)34(29(33)38)22-8-6-7-19(16-22)26(35)31-21-13-14-21;2*1-2/h5-12,16,21,30H,1,13-15H2,2-4H3,(H,31,35);1-2H3;1H3. The fraction of sp³-hybridized carbons (Fsp3) is 0.312. The molecule has 0 radical (unpaired) electrons. The minimum atomic E-state index is -0.625. The summed E-state index contributed by atoms with van der Waals surface area (Å²) in [5.41, 5.74) is 1.41. The Kier molecular flexibility index (Phi) is 10.4. The van der Waals surface area contributed by atoms with Gasteiger partial charge in [0, 0.05) is 36.4 Å². The number of aryl methyl sites for hydroxylation is 2. The maximum atomic E-state index is 13.8. The van der Waals surface area contributed by atoms with Crippen molar-refractivity contribution in [3.63, 3.8) is 0 Å². The van der Waals surface area contributed by atoms with E-state index in [4.69, 9.17) is 0 Å². The molecule has 2 N–H and O–H groups in total. The third kappa shape index (κ3) is 6.27. The zero-order valence-corrected chi connectivity index (χ0v) is 25.0. The van der Waals surface area contributed by atoms with Gasteiger partial charge >= 0.3 is 5.69 Å². The quantitative estimate of drug-likeness (QED) is 0.305. The van der Waals surface area contributed by atoms with E-state index in [0.717, 1.165) is 23.0 Å². The molecule has 0 atom stereocenters. The van der Waals surface area contributed by atoms with Gasteiger partial charge in [0.2, 0.25) is 0 Å². The van der Waals surface area contributed by atoms with E-state index in [0.29, 0.717) is 24.1 Å². The van der Waals surface area contributed by atoms with Crippen molar-refractivity contribution < 1.29 is 9.18 Å². The summed E-state index contributed by atoms with van der Waals surface area (Å²) >= 11 is 0. The molecule has 2 aromatic carbocycles. The van der Waals surface area contributed by atoms with Crippen molar-refractivity contribution in [2.24, 2.45) is 7.05 Å². The molecule has 1 aliphatic carbocycles. The van der Waals surface area contributed by atoms with Crippen LogP contribution in [0.3, 0.4) is 0 Å². The number of aromatic nitrogens is 3. The van der Waals surface area contributed by atoms with Crippen LogP contribution in [0.25, 0.3) is 16.6 Å². The second kappa shape index (κ2) is 13.8. The Morgan fingerprint density at radius 3 is 2.26 bits per heavy atom. The Morgan fingerprint density at radius 1 is 1.02 bits per heavy atom. The molecule has 1 amide bonds. The summed E-state index contributed by atoms with van der Waals surface area (Å²) in [5.74, 6) is 0.0270. The maximum Gasteiger partial charge on any atom is 0.336 e. The monoisotopic (exact) mass is 575 g/mol. The predicted molar refractivity (Wildman–Crippen MR) is 167 cm³/mol. The normalized spacial score (nSPS) is 12.0. The summed E-state index contributed by atoms with van der Waals surface area (Å²) in [6.45, 7) is 11.2. The number of amides is 1. The number of nitrogens with one attached hydrogen (secondary N) is 2. The molecule has 4 aromatic rings. The molecular formula is C32H38FN5O4. The zero-order valence-electron chi connectivity index (χ0n) is 25.0. The highest BCUT2D eigenvalue weighted by Gasteiger charge is 2.25. The second-order valence-electron chi connectivity index (χ2n) is 9.67. The van der Waals surface area contributed by atoms with Gasteiger partial charge in [-0.05, 0) is 57.0 Å². The fourth-order valence-corrected chi connectivity index (χ4v) is 4.57. The highest BCUT2D eigenvalue weighted by molar-refractivity contribution is 5.96. The number of fused-ring (bicyclic) bond motifs is 1. The van der Waals surface area contributed by atoms with Gasteiger partial charge in [-0.15, -0.1) is 6.58 Å². The van der Waals surface area contributed by atoms with Crippen molar-refractivity contribution in [1.29, 1.82) is 0 Å². The van der Waals surface area contributed by atoms with Gasteiger partial charge in [-0.2, -0.15) is 0 Å². The number of alkyl halides is 1. The third-order valence-corrected chi connectivity index (χ3v) is 6.80. The first kappa shape index (κ1) is 31.8. The van der Waals surface area contributed by atoms with E-state index in [-0.39, 0.29) is 46.3 Å². The van der Waals surface area contributed by atoms with E-state index in [1.807, 2.05) is 45.0 Å². The lowest BCUT2D eigenvalue weighted by Crippen LogP contribution is -2.41. The number of halogens is 1. The second-order valence-corrected chi connectivity index (χ2v) is 9.67. The number of rotatable bonds is 7. The maximum absolute atomic E-state index is 13.8. The summed E-state index contributed by atoms with van der Waals surface area (Å²) in [4.78, 5) is 53.7. The Hall–Kier alpha value is -4.73. The molecule has 1 saturated carbocycles. The Labute approximate surface area is 243 Å². The lowest BCUT2D eigenvalue weighted by Gasteiger charge is -2.20. The van der Waals surface area contributed by atoms with Crippen LogP contribution >= 0.6 is 0 Å². The SMILES string of the molecule is C=CCn1c(=O)c2c(Nc3ccc(C)cc3)n(C)c(=O)c(C)c2n(-c2cccc(C(=O)NC3CC3)c2)c1=O.CC.CF. The van der Waals surface area contributed by atoms with E-state index in [9.17, 15) is 23.6 Å². The number of anilines is 2. The molecule has 10 heteroatoms. The summed E-state index contributed by atoms with van der Waals surface area (Å²) < 4.78 is 13.3. The zero-order chi connectivity index (χ0) is 31.1. The minimum Gasteiger partial charge on any atom is -0.349 e. The van der Waals surface area contributed by atoms with Gasteiger partial charge in [-0.25, -0.2) is 4.79 Å². The van der Waals surface area contributed by atoms with E-state index in [1.54, 1.807) is 38.2 Å². The van der Waals surface area contributed by atoms with Crippen molar-refractivity contribution >= 4 is 28.3 Å². The molecule has 9 nitrogen and oxygen atoms in total. The molecule has 1 aliphatic rings. The van der Waals surface area contributed by atoms with Crippen molar-refractivity contribution in [3.8, 4) is 5.69 Å². The molecule has 2 aromatic heterocycles. The van der Waals surface area contributed by atoms with Crippen LogP contribution in [0.1, 0.15) is 48.2 Å². The number of hydrogen-bond donors (Lipinski definition) is 2. The van der Waals surface area contributed by atoms with Gasteiger partial charge in [0.25, 0.3) is 17.0 Å². The number of carbonyl (C=O) groups is 1. The smallest absolute Gasteiger partial charge is 0.336 e. The van der Waals surface area contributed by atoms with Gasteiger partial charge in [-0.3, -0.25) is 32.5 Å². The van der Waals surface area contributed by atoms with Gasteiger partial charge in [0.05, 0.1) is 18.4 Å². The Morgan fingerprint density at radius 2 is 1.67 bits per heavy atom. The molecule has 42 heavy (non-hydrogen) atoms. The van der Waals surface area contributed by atoms with Crippen LogP contribution in [0.15, 0.2) is 75.6 Å². The van der Waals surface area contributed by atoms with Crippen LogP contribution in [0.2, 0.25) is 0 Å². The Balaban J connectivity index is 0.00000116. The number of hydrogen-bond acceptors (Lipinski definition) is 5. The van der Waals surface area contributed by atoms with Crippen molar-refractivity contribution in [3.05, 3.63) is 109 Å². The van der Waals surface area contributed by atoms with Crippen molar-refractivity contribution in [1.82, 2.24) is 19.0 Å². The summed E-state index contributed by atoms with van der Waals surface area (Å²) in [7, 11) is 2.08. The third-order valence-electron chi connectivity index (χ3n) is 6.80. The van der Waals surface area contributed by atoms with E-state index >= 15 is 0 Å². The van der Waals surface area contributed by atoms with Gasteiger partial charge in [-0.1, -0.05) is 43.7 Å². The lowest BCUT2D eigenvalue weighted by molar-refractivity contribution is 0.0951. The topological polar surface area (TPSA) is 107 Å². The van der Waals surface area contributed by atoms with E-state index in [1.165, 1.54) is 15.2 Å². The fourth-order valence-electron chi connectivity index (χ4n) is 4.57. The number of carbonyl (C=O) groups excluding carboxylic acids is 1. The predicted octanol–water partition coefficient (Wildman–Crippen LogP) is 4.90. The average Bonchev–Trinajstić information content (AvgIpc) is 3.83. The molecule has 0 unspecified atom stereocenters. The van der Waals surface area contributed by atoms with Crippen LogP contribution in [-0.2, 0) is 13.6 Å². The first-order valence-electron chi connectivity index (χ1n) is 13.8.